The number of carbonyl (C=O) groups is 1. The van der Waals surface area contributed by atoms with Crippen molar-refractivity contribution < 1.29 is 14.3 Å². The van der Waals surface area contributed by atoms with Gasteiger partial charge >= 0.3 is 5.97 Å². The van der Waals surface area contributed by atoms with Crippen LogP contribution in [0.25, 0.3) is 0 Å². The first-order chi connectivity index (χ1) is 13.5. The molecule has 0 saturated heterocycles. The Hall–Kier alpha value is -2.63. The predicted octanol–water partition coefficient (Wildman–Crippen LogP) is 4.19. The largest absolute Gasteiger partial charge is 0.494 e. The molecular formula is C22H29N3O3. The monoisotopic (exact) mass is 383 g/mol. The summed E-state index contributed by atoms with van der Waals surface area (Å²) in [6.45, 7) is 8.89. The van der Waals surface area contributed by atoms with E-state index in [0.717, 1.165) is 46.9 Å². The summed E-state index contributed by atoms with van der Waals surface area (Å²) in [5.41, 5.74) is 3.68. The van der Waals surface area contributed by atoms with Gasteiger partial charge in [0.05, 0.1) is 18.9 Å². The van der Waals surface area contributed by atoms with Crippen molar-refractivity contribution in [3.8, 4) is 5.75 Å². The molecule has 1 aliphatic heterocycles. The van der Waals surface area contributed by atoms with Gasteiger partial charge in [0.15, 0.2) is 5.82 Å². The Bertz CT molecular complexity index is 885. The number of carbonyl (C=O) groups excluding carboxylic acids is 1. The third-order valence-electron chi connectivity index (χ3n) is 5.10. The van der Waals surface area contributed by atoms with Crippen molar-refractivity contribution in [1.82, 2.24) is 9.78 Å². The second-order valence-corrected chi connectivity index (χ2v) is 7.01. The van der Waals surface area contributed by atoms with Crippen LogP contribution in [0.4, 0.5) is 5.82 Å². The van der Waals surface area contributed by atoms with E-state index in [1.807, 2.05) is 56.8 Å². The van der Waals surface area contributed by atoms with Crippen LogP contribution in [0.3, 0.4) is 0 Å². The van der Waals surface area contributed by atoms with Gasteiger partial charge in [-0.05, 0) is 32.8 Å². The van der Waals surface area contributed by atoms with Gasteiger partial charge in [-0.25, -0.2) is 4.99 Å². The number of aromatic nitrogens is 2. The first-order valence-corrected chi connectivity index (χ1v) is 10.0. The Morgan fingerprint density at radius 2 is 1.96 bits per heavy atom. The lowest BCUT2D eigenvalue weighted by Crippen LogP contribution is -2.34. The van der Waals surface area contributed by atoms with E-state index in [2.05, 4.69) is 12.0 Å². The highest BCUT2D eigenvalue weighted by atomic mass is 16.5. The van der Waals surface area contributed by atoms with Crippen LogP contribution in [-0.4, -0.2) is 34.7 Å². The van der Waals surface area contributed by atoms with Crippen molar-refractivity contribution in [3.05, 3.63) is 41.1 Å². The molecule has 6 heteroatoms. The third-order valence-corrected chi connectivity index (χ3v) is 5.10. The Labute approximate surface area is 166 Å². The average molecular weight is 383 g/mol. The van der Waals surface area contributed by atoms with E-state index < -0.39 is 5.92 Å². The highest BCUT2D eigenvalue weighted by molar-refractivity contribution is 6.05. The second kappa shape index (κ2) is 8.59. The lowest BCUT2D eigenvalue weighted by Gasteiger charge is -2.31. The number of benzene rings is 1. The van der Waals surface area contributed by atoms with Crippen molar-refractivity contribution in [2.45, 2.75) is 46.5 Å². The molecule has 0 saturated carbocycles. The van der Waals surface area contributed by atoms with Crippen LogP contribution >= 0.6 is 0 Å². The molecule has 0 N–H and O–H groups in total. The molecule has 0 aliphatic carbocycles. The molecule has 0 fully saturated rings. The molecule has 0 amide bonds. The maximum absolute atomic E-state index is 13.1. The van der Waals surface area contributed by atoms with Gasteiger partial charge in [-0.1, -0.05) is 32.0 Å². The van der Waals surface area contributed by atoms with Crippen molar-refractivity contribution in [2.75, 3.05) is 13.2 Å². The normalized spacial score (nSPS) is 18.4. The molecule has 2 aromatic rings. The van der Waals surface area contributed by atoms with Crippen molar-refractivity contribution >= 4 is 17.5 Å². The van der Waals surface area contributed by atoms with Gasteiger partial charge in [0.25, 0.3) is 0 Å². The maximum Gasteiger partial charge on any atom is 0.315 e. The molecule has 0 bridgehead atoms. The van der Waals surface area contributed by atoms with Gasteiger partial charge in [0.1, 0.15) is 11.7 Å². The van der Waals surface area contributed by atoms with Gasteiger partial charge < -0.3 is 9.47 Å². The number of aliphatic imine (C=N–C) groups is 1. The van der Waals surface area contributed by atoms with Gasteiger partial charge in [-0.15, -0.1) is 0 Å². The molecule has 1 aromatic heterocycles. The Kier molecular flexibility index (Phi) is 6.17. The molecule has 2 unspecified atom stereocenters. The molecule has 1 aromatic carbocycles. The van der Waals surface area contributed by atoms with E-state index in [4.69, 9.17) is 14.5 Å². The quantitative estimate of drug-likeness (QED) is 0.673. The van der Waals surface area contributed by atoms with Crippen molar-refractivity contribution in [2.24, 2.45) is 18.0 Å². The van der Waals surface area contributed by atoms with E-state index in [1.165, 1.54) is 0 Å². The van der Waals surface area contributed by atoms with E-state index in [1.54, 1.807) is 0 Å². The molecule has 6 nitrogen and oxygen atoms in total. The lowest BCUT2D eigenvalue weighted by atomic mass is 9.76. The Morgan fingerprint density at radius 1 is 1.21 bits per heavy atom. The number of para-hydroxylation sites is 1. The number of fused-ring (bicyclic) bond motifs is 1. The molecule has 0 spiro atoms. The molecule has 2 heterocycles. The van der Waals surface area contributed by atoms with Crippen LogP contribution < -0.4 is 4.74 Å². The first-order valence-electron chi connectivity index (χ1n) is 10.0. The Balaban J connectivity index is 2.22. The minimum Gasteiger partial charge on any atom is -0.494 e. The molecule has 150 valence electrons. The van der Waals surface area contributed by atoms with Crippen LogP contribution in [0.15, 0.2) is 29.3 Å². The second-order valence-electron chi connectivity index (χ2n) is 7.01. The number of esters is 1. The molecule has 1 aliphatic rings. The number of nitrogens with zero attached hydrogens (tertiary/aromatic N) is 3. The number of hydrogen-bond donors (Lipinski definition) is 0. The van der Waals surface area contributed by atoms with Crippen LogP contribution in [0, 0.1) is 5.92 Å². The summed E-state index contributed by atoms with van der Waals surface area (Å²) in [5.74, 6) is 0.634. The van der Waals surface area contributed by atoms with Gasteiger partial charge in [-0.3, -0.25) is 9.48 Å². The van der Waals surface area contributed by atoms with E-state index in [-0.39, 0.29) is 11.9 Å². The average Bonchev–Trinajstić information content (AvgIpc) is 3.01. The molecule has 0 radical (unpaired) electrons. The number of ether oxygens (including phenoxy) is 2. The SMILES string of the molecule is CCCOC(=O)C1C(C)=Nc2c(c(CC)nn2C)C1c1ccccc1OCC. The van der Waals surface area contributed by atoms with Gasteiger partial charge in [0, 0.05) is 29.8 Å². The van der Waals surface area contributed by atoms with Crippen molar-refractivity contribution in [3.63, 3.8) is 0 Å². The lowest BCUT2D eigenvalue weighted by molar-refractivity contribution is -0.146. The van der Waals surface area contributed by atoms with E-state index >= 15 is 0 Å². The van der Waals surface area contributed by atoms with Gasteiger partial charge in [-0.2, -0.15) is 5.10 Å². The summed E-state index contributed by atoms with van der Waals surface area (Å²) in [5, 5.41) is 4.67. The zero-order chi connectivity index (χ0) is 20.3. The van der Waals surface area contributed by atoms with Crippen LogP contribution in [0.1, 0.15) is 56.9 Å². The number of rotatable bonds is 7. The Morgan fingerprint density at radius 3 is 2.64 bits per heavy atom. The smallest absolute Gasteiger partial charge is 0.315 e. The minimum atomic E-state index is -0.491. The fourth-order valence-electron chi connectivity index (χ4n) is 3.90. The number of hydrogen-bond acceptors (Lipinski definition) is 5. The fraction of sp³-hybridized carbons (Fsp3) is 0.500. The first kappa shape index (κ1) is 20.1. The summed E-state index contributed by atoms with van der Waals surface area (Å²) >= 11 is 0. The highest BCUT2D eigenvalue weighted by Crippen LogP contribution is 2.47. The molecule has 2 atom stereocenters. The summed E-state index contributed by atoms with van der Waals surface area (Å²) in [6, 6.07) is 7.92. The zero-order valence-corrected chi connectivity index (χ0v) is 17.4. The summed E-state index contributed by atoms with van der Waals surface area (Å²) in [4.78, 5) is 17.8. The third kappa shape index (κ3) is 3.55. The number of aryl methyl sites for hydroxylation is 2. The molecule has 28 heavy (non-hydrogen) atoms. The fourth-order valence-corrected chi connectivity index (χ4v) is 3.90. The van der Waals surface area contributed by atoms with Gasteiger partial charge in [0.2, 0.25) is 0 Å². The van der Waals surface area contributed by atoms with Crippen molar-refractivity contribution in [1.29, 1.82) is 0 Å². The highest BCUT2D eigenvalue weighted by Gasteiger charge is 2.42. The molecule has 3 rings (SSSR count). The zero-order valence-electron chi connectivity index (χ0n) is 17.4. The minimum absolute atomic E-state index is 0.233. The summed E-state index contributed by atoms with van der Waals surface area (Å²) in [7, 11) is 1.90. The summed E-state index contributed by atoms with van der Waals surface area (Å²) < 4.78 is 13.3. The maximum atomic E-state index is 13.1. The molecular weight excluding hydrogens is 354 g/mol. The van der Waals surface area contributed by atoms with Crippen LogP contribution in [0.2, 0.25) is 0 Å². The van der Waals surface area contributed by atoms with E-state index in [0.29, 0.717) is 13.2 Å². The topological polar surface area (TPSA) is 65.7 Å². The van der Waals surface area contributed by atoms with Crippen LogP contribution in [-0.2, 0) is 23.0 Å². The summed E-state index contributed by atoms with van der Waals surface area (Å²) in [6.07, 6.45) is 1.55. The van der Waals surface area contributed by atoms with Crippen LogP contribution in [0.5, 0.6) is 5.75 Å². The standard InChI is InChI=1S/C22H29N3O3/c1-6-13-28-22(26)18-14(4)23-21-20(16(7-2)24-25(21)5)19(18)15-11-9-10-12-17(15)27-8-3/h9-12,18-19H,6-8,13H2,1-5H3. The predicted molar refractivity (Wildman–Crippen MR) is 110 cm³/mol. The van der Waals surface area contributed by atoms with E-state index in [9.17, 15) is 4.79 Å².